The smallest absolute Gasteiger partial charge is 0.281 e. The van der Waals surface area contributed by atoms with Crippen molar-refractivity contribution in [2.24, 2.45) is 0 Å². The van der Waals surface area contributed by atoms with Gasteiger partial charge in [0.2, 0.25) is 0 Å². The summed E-state index contributed by atoms with van der Waals surface area (Å²) in [6.07, 6.45) is 1.68. The maximum atomic E-state index is 12.5. The van der Waals surface area contributed by atoms with Crippen molar-refractivity contribution in [2.45, 2.75) is 0 Å². The molecule has 11 heavy (non-hydrogen) atoms. The highest BCUT2D eigenvalue weighted by Crippen LogP contribution is 2.07. The van der Waals surface area contributed by atoms with Gasteiger partial charge in [-0.2, -0.15) is 0 Å². The molecule has 1 heterocycles. The number of rotatable bonds is 1. The topological polar surface area (TPSA) is 12.9 Å². The van der Waals surface area contributed by atoms with Crippen molar-refractivity contribution in [2.75, 3.05) is 0 Å². The van der Waals surface area contributed by atoms with E-state index in [2.05, 4.69) is 4.98 Å². The van der Waals surface area contributed by atoms with Gasteiger partial charge in [0.15, 0.2) is 0 Å². The van der Waals surface area contributed by atoms with E-state index in [1.54, 1.807) is 0 Å². The van der Waals surface area contributed by atoms with Crippen molar-refractivity contribution in [1.29, 1.82) is 0 Å². The van der Waals surface area contributed by atoms with Gasteiger partial charge in [0.05, 0.1) is 11.2 Å². The van der Waals surface area contributed by atoms with Crippen molar-refractivity contribution < 1.29 is 13.0 Å². The molecule has 0 aliphatic carbocycles. The third-order valence-electron chi connectivity index (χ3n) is 1.11. The lowest BCUT2D eigenvalue weighted by atomic mass is 9.86. The Bertz CT molecular complexity index is 248. The number of nitrogens with zero attached hydrogens (tertiary/aromatic N) is 1. The van der Waals surface area contributed by atoms with E-state index in [0.717, 1.165) is 6.20 Å². The van der Waals surface area contributed by atoms with Crippen LogP contribution in [0.5, 0.6) is 0 Å². The van der Waals surface area contributed by atoms with Crippen LogP contribution in [0.4, 0.5) is 13.0 Å². The summed E-state index contributed by atoms with van der Waals surface area (Å²) in [7, 11) is -2.90. The molecule has 0 saturated carbocycles. The van der Waals surface area contributed by atoms with E-state index in [1.807, 2.05) is 0 Å². The fraction of sp³-hybridized carbons (Fsp3) is 0. The molecule has 0 aliphatic rings. The maximum absolute atomic E-state index is 12.5. The molecule has 0 atom stereocenters. The Hall–Kier alpha value is -0.705. The van der Waals surface area contributed by atoms with Gasteiger partial charge in [-0.05, 0) is 0 Å². The van der Waals surface area contributed by atoms with E-state index in [0.29, 0.717) is 6.20 Å². The molecule has 0 amide bonds. The summed E-state index contributed by atoms with van der Waals surface area (Å²) in [4.78, 5) is 3.29. The quantitative estimate of drug-likeness (QED) is 0.596. The summed E-state index contributed by atoms with van der Waals surface area (Å²) in [5.74, 6) is -1.08. The monoisotopic (exact) mass is 179 g/mol. The Labute approximate surface area is 66.4 Å². The predicted molar refractivity (Wildman–Crippen MR) is 36.8 cm³/mol. The normalized spacial score (nSPS) is 9.82. The molecule has 58 valence electrons. The molecule has 1 rings (SSSR count). The second-order valence-electron chi connectivity index (χ2n) is 1.82. The predicted octanol–water partition coefficient (Wildman–Crippen LogP) is 1.51. The Morgan fingerprint density at radius 2 is 2.00 bits per heavy atom. The number of halogens is 4. The van der Waals surface area contributed by atoms with Gasteiger partial charge in [-0.25, -0.2) is 4.39 Å². The maximum Gasteiger partial charge on any atom is 0.576 e. The summed E-state index contributed by atoms with van der Waals surface area (Å²) < 4.78 is 36.3. The van der Waals surface area contributed by atoms with Crippen molar-refractivity contribution in [1.82, 2.24) is 4.98 Å². The molecular weight excluding hydrogens is 177 g/mol. The van der Waals surface area contributed by atoms with Crippen LogP contribution < -0.4 is 5.46 Å². The summed E-state index contributed by atoms with van der Waals surface area (Å²) in [5.41, 5.74) is -0.790. The third kappa shape index (κ3) is 1.65. The van der Waals surface area contributed by atoms with E-state index >= 15 is 0 Å². The minimum Gasteiger partial charge on any atom is -0.281 e. The van der Waals surface area contributed by atoms with Crippen molar-refractivity contribution in [3.63, 3.8) is 0 Å². The van der Waals surface area contributed by atoms with E-state index in [9.17, 15) is 13.0 Å². The molecule has 1 aromatic heterocycles. The SMILES string of the molecule is FB(F)c1c(F)cncc1Cl. The molecule has 0 aliphatic heterocycles. The fourth-order valence-electron chi connectivity index (χ4n) is 0.630. The lowest BCUT2D eigenvalue weighted by Crippen LogP contribution is -2.25. The second-order valence-corrected chi connectivity index (χ2v) is 2.22. The zero-order valence-corrected chi connectivity index (χ0v) is 5.95. The van der Waals surface area contributed by atoms with E-state index in [1.165, 1.54) is 0 Å². The Kier molecular flexibility index (Phi) is 2.39. The minimum absolute atomic E-state index is 0.347. The first-order chi connectivity index (χ1) is 5.13. The summed E-state index contributed by atoms with van der Waals surface area (Å²) in [6.45, 7) is 0. The van der Waals surface area contributed by atoms with Gasteiger partial charge in [0.25, 0.3) is 0 Å². The molecule has 0 radical (unpaired) electrons. The van der Waals surface area contributed by atoms with Crippen LogP contribution in [0.2, 0.25) is 5.02 Å². The Morgan fingerprint density at radius 1 is 1.36 bits per heavy atom. The van der Waals surface area contributed by atoms with Gasteiger partial charge in [0.1, 0.15) is 5.82 Å². The standard InChI is InChI=1S/C5H2BClF3N/c7-3-1-11-2-4(8)5(3)6(9)10/h1-2H. The van der Waals surface area contributed by atoms with Crippen LogP contribution in [0.3, 0.4) is 0 Å². The number of aromatic nitrogens is 1. The molecule has 0 saturated heterocycles. The van der Waals surface area contributed by atoms with Gasteiger partial charge in [0, 0.05) is 11.7 Å². The lowest BCUT2D eigenvalue weighted by Gasteiger charge is -1.98. The lowest BCUT2D eigenvalue weighted by molar-refractivity contribution is 0.616. The Balaban J connectivity index is 3.21. The zero-order valence-electron chi connectivity index (χ0n) is 5.19. The highest BCUT2D eigenvalue weighted by atomic mass is 35.5. The van der Waals surface area contributed by atoms with Crippen LogP contribution in [0.15, 0.2) is 12.4 Å². The highest BCUT2D eigenvalue weighted by Gasteiger charge is 2.24. The minimum atomic E-state index is -2.90. The Morgan fingerprint density at radius 3 is 2.36 bits per heavy atom. The molecule has 6 heteroatoms. The molecule has 1 nitrogen and oxygen atoms in total. The van der Waals surface area contributed by atoms with Gasteiger partial charge in [-0.3, -0.25) is 13.6 Å². The van der Waals surface area contributed by atoms with Gasteiger partial charge in [-0.1, -0.05) is 11.6 Å². The van der Waals surface area contributed by atoms with Gasteiger partial charge in [-0.15, -0.1) is 0 Å². The first kappa shape index (κ1) is 8.39. The van der Waals surface area contributed by atoms with Crippen molar-refractivity contribution in [3.05, 3.63) is 23.2 Å². The average molecular weight is 179 g/mol. The molecule has 0 N–H and O–H groups in total. The summed E-state index contributed by atoms with van der Waals surface area (Å²) >= 11 is 5.24. The molecule has 1 aromatic rings. The van der Waals surface area contributed by atoms with Gasteiger partial charge < -0.3 is 0 Å². The summed E-state index contributed by atoms with van der Waals surface area (Å²) in [5, 5.41) is -0.347. The van der Waals surface area contributed by atoms with Crippen LogP contribution >= 0.6 is 11.6 Å². The fourth-order valence-corrected chi connectivity index (χ4v) is 0.859. The van der Waals surface area contributed by atoms with Crippen LogP contribution in [-0.2, 0) is 0 Å². The van der Waals surface area contributed by atoms with Crippen LogP contribution in [0, 0.1) is 5.82 Å². The second kappa shape index (κ2) is 3.13. The summed E-state index contributed by atoms with van der Waals surface area (Å²) in [6, 6.07) is 0. The van der Waals surface area contributed by atoms with Crippen LogP contribution in [0.25, 0.3) is 0 Å². The molecule has 0 spiro atoms. The first-order valence-corrected chi connectivity index (χ1v) is 3.07. The van der Waals surface area contributed by atoms with E-state index in [4.69, 9.17) is 11.6 Å². The highest BCUT2D eigenvalue weighted by molar-refractivity contribution is 6.63. The van der Waals surface area contributed by atoms with Gasteiger partial charge >= 0.3 is 7.27 Å². The molecule has 0 bridgehead atoms. The van der Waals surface area contributed by atoms with Crippen LogP contribution in [-0.4, -0.2) is 12.3 Å². The first-order valence-electron chi connectivity index (χ1n) is 2.70. The number of hydrogen-bond acceptors (Lipinski definition) is 1. The molecule has 0 unspecified atom stereocenters. The van der Waals surface area contributed by atoms with Crippen molar-refractivity contribution >= 4 is 24.3 Å². The molecule has 0 fully saturated rings. The molecular formula is C5H2BClF3N. The number of hydrogen-bond donors (Lipinski definition) is 0. The third-order valence-corrected chi connectivity index (χ3v) is 1.41. The van der Waals surface area contributed by atoms with E-state index < -0.39 is 18.5 Å². The average Bonchev–Trinajstić information content (AvgIpc) is 1.85. The van der Waals surface area contributed by atoms with Crippen molar-refractivity contribution in [3.8, 4) is 0 Å². The largest absolute Gasteiger partial charge is 0.576 e. The van der Waals surface area contributed by atoms with E-state index in [-0.39, 0.29) is 5.02 Å². The molecule has 0 aromatic carbocycles. The van der Waals surface area contributed by atoms with Crippen LogP contribution in [0.1, 0.15) is 0 Å². The number of pyridine rings is 1. The zero-order chi connectivity index (χ0) is 8.43.